The van der Waals surface area contributed by atoms with Crippen molar-refractivity contribution in [3.63, 3.8) is 0 Å². The van der Waals surface area contributed by atoms with E-state index in [0.29, 0.717) is 0 Å². The molecule has 0 spiro atoms. The summed E-state index contributed by atoms with van der Waals surface area (Å²) in [5, 5.41) is 0. The minimum absolute atomic E-state index is 0.373. The van der Waals surface area contributed by atoms with E-state index in [1.807, 2.05) is 14.1 Å². The van der Waals surface area contributed by atoms with Gasteiger partial charge in [0.05, 0.1) is 0 Å². The minimum atomic E-state index is -0.539. The number of hydrogen-bond donors (Lipinski definition) is 0. The monoisotopic (exact) mass is 167 g/mol. The molecule has 6 heteroatoms. The summed E-state index contributed by atoms with van der Waals surface area (Å²) < 4.78 is 12.3. The predicted molar refractivity (Wildman–Crippen MR) is 42.9 cm³/mol. The van der Waals surface area contributed by atoms with Crippen LogP contribution in [0.2, 0.25) is 0 Å². The molecule has 0 amide bonds. The van der Waals surface area contributed by atoms with E-state index >= 15 is 0 Å². The Bertz CT molecular complexity index is 52.5. The van der Waals surface area contributed by atoms with E-state index in [-0.39, 0.29) is 9.92 Å². The molecule has 0 rings (SSSR count). The van der Waals surface area contributed by atoms with Crippen LogP contribution >= 0.6 is 0 Å². The third kappa shape index (κ3) is 6.53. The maximum atomic E-state index is 5.26. The van der Waals surface area contributed by atoms with Gasteiger partial charge in [0.15, 0.2) is 0 Å². The highest BCUT2D eigenvalue weighted by molar-refractivity contribution is 6.39. The third-order valence-electron chi connectivity index (χ3n) is 0.551. The van der Waals surface area contributed by atoms with Crippen LogP contribution in [-0.4, -0.2) is 49.1 Å². The maximum absolute atomic E-state index is 5.26. The fourth-order valence-corrected chi connectivity index (χ4v) is 4.23. The Hall–Kier alpha value is 0.531. The van der Waals surface area contributed by atoms with Crippen LogP contribution in [-0.2, 0) is 8.23 Å². The van der Waals surface area contributed by atoms with Gasteiger partial charge in [0.2, 0.25) is 9.92 Å². The second kappa shape index (κ2) is 5.66. The molecule has 8 heavy (non-hydrogen) atoms. The zero-order valence-corrected chi connectivity index (χ0v) is 10.5. The Morgan fingerprint density at radius 1 is 1.50 bits per heavy atom. The van der Waals surface area contributed by atoms with E-state index < -0.39 is 10.0 Å². The third-order valence-corrected chi connectivity index (χ3v) is 3.41. The fourth-order valence-electron chi connectivity index (χ4n) is 0.303. The molecule has 50 valence electrons. The lowest BCUT2D eigenvalue weighted by molar-refractivity contribution is 0.457. The van der Waals surface area contributed by atoms with Gasteiger partial charge in [-0.1, -0.05) is 0 Å². The summed E-state index contributed by atoms with van der Waals surface area (Å²) in [7, 11) is 4.00. The van der Waals surface area contributed by atoms with Gasteiger partial charge in [-0.3, -0.25) is 0 Å². The molecular formula is C2H13NO2Si3. The number of hydrogen-bond acceptors (Lipinski definition) is 3. The summed E-state index contributed by atoms with van der Waals surface area (Å²) in [6.45, 7) is 0. The van der Waals surface area contributed by atoms with Crippen molar-refractivity contribution < 1.29 is 8.23 Å². The van der Waals surface area contributed by atoms with Gasteiger partial charge in [0.1, 0.15) is 10.5 Å². The first-order chi connectivity index (χ1) is 3.77. The molecule has 0 heterocycles. The molecule has 0 aromatic rings. The lowest BCUT2D eigenvalue weighted by Crippen LogP contribution is -2.22. The molecule has 0 atom stereocenters. The topological polar surface area (TPSA) is 21.7 Å². The smallest absolute Gasteiger partial charge is 0.283 e. The Morgan fingerprint density at radius 2 is 2.12 bits per heavy atom. The standard InChI is InChI=1S/C2H13NO2Si3/c1-3(2)7-5-8-4-6/h7-8H2,1-2,6H3. The average Bonchev–Trinajstić information content (AvgIpc) is 1.66. The van der Waals surface area contributed by atoms with E-state index in [2.05, 4.69) is 4.57 Å². The largest absolute Gasteiger partial charge is 0.449 e. The molecule has 3 nitrogen and oxygen atoms in total. The van der Waals surface area contributed by atoms with Crippen LogP contribution in [0.25, 0.3) is 0 Å². The van der Waals surface area contributed by atoms with Crippen molar-refractivity contribution >= 4 is 30.4 Å². The first-order valence-electron chi connectivity index (χ1n) is 2.48. The highest BCUT2D eigenvalue weighted by Gasteiger charge is 1.88. The molecule has 0 saturated heterocycles. The molecule has 0 saturated carbocycles. The van der Waals surface area contributed by atoms with Crippen LogP contribution in [0.1, 0.15) is 0 Å². The van der Waals surface area contributed by atoms with Gasteiger partial charge in [-0.15, -0.1) is 0 Å². The second-order valence-electron chi connectivity index (χ2n) is 1.82. The van der Waals surface area contributed by atoms with Crippen molar-refractivity contribution in [2.75, 3.05) is 14.1 Å². The number of rotatable bonds is 4. The Balaban J connectivity index is 2.72. The summed E-state index contributed by atoms with van der Waals surface area (Å²) in [5.41, 5.74) is 0. The summed E-state index contributed by atoms with van der Waals surface area (Å²) in [6.07, 6.45) is 0. The molecular weight excluding hydrogens is 154 g/mol. The molecule has 0 unspecified atom stereocenters. The van der Waals surface area contributed by atoms with E-state index in [4.69, 9.17) is 8.23 Å². The predicted octanol–water partition coefficient (Wildman–Crippen LogP) is -3.14. The van der Waals surface area contributed by atoms with Crippen LogP contribution in [0, 0.1) is 0 Å². The van der Waals surface area contributed by atoms with E-state index in [1.54, 1.807) is 0 Å². The van der Waals surface area contributed by atoms with Gasteiger partial charge < -0.3 is 12.8 Å². The van der Waals surface area contributed by atoms with E-state index in [0.717, 1.165) is 10.5 Å². The van der Waals surface area contributed by atoms with Crippen LogP contribution in [0.15, 0.2) is 0 Å². The van der Waals surface area contributed by atoms with Crippen LogP contribution in [0.5, 0.6) is 0 Å². The molecule has 0 aromatic carbocycles. The normalized spacial score (nSPS) is 13.9. The molecule has 0 aliphatic heterocycles. The zero-order chi connectivity index (χ0) is 6.41. The maximum Gasteiger partial charge on any atom is 0.283 e. The van der Waals surface area contributed by atoms with Crippen LogP contribution in [0.4, 0.5) is 0 Å². The fraction of sp³-hybridized carbons (Fsp3) is 1.00. The molecule has 0 bridgehead atoms. The Kier molecular flexibility index (Phi) is 6.04. The van der Waals surface area contributed by atoms with Crippen molar-refractivity contribution in [1.82, 2.24) is 4.57 Å². The first-order valence-corrected chi connectivity index (χ1v) is 5.67. The van der Waals surface area contributed by atoms with Gasteiger partial charge in [-0.05, 0) is 14.1 Å². The minimum Gasteiger partial charge on any atom is -0.449 e. The first kappa shape index (κ1) is 8.53. The molecule has 0 aliphatic carbocycles. The summed E-state index contributed by atoms with van der Waals surface area (Å²) in [6, 6.07) is 0. The lowest BCUT2D eigenvalue weighted by Gasteiger charge is -2.07. The number of nitrogens with zero attached hydrogens (tertiary/aromatic N) is 1. The van der Waals surface area contributed by atoms with Crippen molar-refractivity contribution in [3.8, 4) is 0 Å². The van der Waals surface area contributed by atoms with Crippen molar-refractivity contribution in [3.05, 3.63) is 0 Å². The highest BCUT2D eigenvalue weighted by atomic mass is 28.3. The van der Waals surface area contributed by atoms with Crippen molar-refractivity contribution in [2.45, 2.75) is 0 Å². The van der Waals surface area contributed by atoms with Gasteiger partial charge in [0.25, 0.3) is 10.0 Å². The quantitative estimate of drug-likeness (QED) is 0.326. The van der Waals surface area contributed by atoms with Gasteiger partial charge in [-0.2, -0.15) is 0 Å². The van der Waals surface area contributed by atoms with Gasteiger partial charge in [-0.25, -0.2) is 0 Å². The molecule has 0 fully saturated rings. The van der Waals surface area contributed by atoms with Gasteiger partial charge >= 0.3 is 0 Å². The van der Waals surface area contributed by atoms with Gasteiger partial charge in [0, 0.05) is 0 Å². The zero-order valence-electron chi connectivity index (χ0n) is 5.68. The average molecular weight is 167 g/mol. The Labute approximate surface area is 58.0 Å². The molecule has 0 aromatic heterocycles. The summed E-state index contributed by atoms with van der Waals surface area (Å²) >= 11 is 0. The molecule has 0 aliphatic rings. The van der Waals surface area contributed by atoms with Crippen molar-refractivity contribution in [1.29, 1.82) is 0 Å². The lowest BCUT2D eigenvalue weighted by atomic mass is 11.3. The molecule has 0 N–H and O–H groups in total. The van der Waals surface area contributed by atoms with Crippen LogP contribution in [0.3, 0.4) is 0 Å². The second-order valence-corrected chi connectivity index (χ2v) is 7.52. The summed E-state index contributed by atoms with van der Waals surface area (Å²) in [5.74, 6) is 0. The SMILES string of the molecule is CN(C)[SiH2]O[SiH2]O[SiH3]. The summed E-state index contributed by atoms with van der Waals surface area (Å²) in [4.78, 5) is 0. The molecule has 0 radical (unpaired) electrons. The van der Waals surface area contributed by atoms with Crippen molar-refractivity contribution in [2.24, 2.45) is 0 Å². The van der Waals surface area contributed by atoms with E-state index in [1.165, 1.54) is 0 Å². The highest BCUT2D eigenvalue weighted by Crippen LogP contribution is 1.69. The van der Waals surface area contributed by atoms with Crippen LogP contribution < -0.4 is 0 Å². The van der Waals surface area contributed by atoms with E-state index in [9.17, 15) is 0 Å². The Morgan fingerprint density at radius 3 is 2.50 bits per heavy atom.